The molecule has 0 radical (unpaired) electrons. The average Bonchev–Trinajstić information content (AvgIpc) is 3.24. The number of benzene rings is 2. The minimum absolute atomic E-state index is 0.212. The van der Waals surface area contributed by atoms with E-state index in [2.05, 4.69) is 20.9 Å². The van der Waals surface area contributed by atoms with Crippen molar-refractivity contribution in [3.05, 3.63) is 69.9 Å². The Kier molecular flexibility index (Phi) is 8.30. The Bertz CT molecular complexity index is 1700. The van der Waals surface area contributed by atoms with Crippen LogP contribution in [0.15, 0.2) is 53.3 Å². The van der Waals surface area contributed by atoms with Crippen LogP contribution in [0.2, 0.25) is 0 Å². The number of hydrogen-bond donors (Lipinski definition) is 3. The smallest absolute Gasteiger partial charge is 0.248 e. The summed E-state index contributed by atoms with van der Waals surface area (Å²) in [6.45, 7) is 3.12. The third-order valence-corrected chi connectivity index (χ3v) is 8.16. The Balaban J connectivity index is 1.55. The molecule has 11 heteroatoms. The van der Waals surface area contributed by atoms with E-state index in [0.717, 1.165) is 21.3 Å². The number of hydrogen-bond acceptors (Lipinski definition) is 9. The van der Waals surface area contributed by atoms with Gasteiger partial charge in [0.05, 0.1) is 43.3 Å². The van der Waals surface area contributed by atoms with E-state index < -0.39 is 12.1 Å². The van der Waals surface area contributed by atoms with E-state index in [1.165, 1.54) is 31.4 Å². The summed E-state index contributed by atoms with van der Waals surface area (Å²) in [5, 5.41) is 9.37. The third kappa shape index (κ3) is 5.60. The number of para-hydroxylation sites is 1. The molecule has 42 heavy (non-hydrogen) atoms. The highest BCUT2D eigenvalue weighted by Crippen LogP contribution is 2.50. The molecule has 0 aliphatic heterocycles. The standard InChI is InChI=1S/C31H32N4O6S/c1-16(30(38)35-31-34-23-8-6-7-9-26(23)42-31)32-22-13-11-19-20(15-24(22)37)21(33-17(2)36)12-10-18-14-25(39-3)28(40-4)29(41-5)27(18)19/h6-9,11,13-16,21H,10,12H2,1-5H3,(H,32,37)(H,33,36)(H,34,35,38)/t16-,21+/m0/s1. The van der Waals surface area contributed by atoms with Crippen LogP contribution >= 0.6 is 11.3 Å². The van der Waals surface area contributed by atoms with Gasteiger partial charge in [0.25, 0.3) is 0 Å². The lowest BCUT2D eigenvalue weighted by atomic mass is 9.95. The number of methoxy groups -OCH3 is 3. The molecule has 1 aromatic heterocycles. The molecule has 2 amide bonds. The van der Waals surface area contributed by atoms with Crippen LogP contribution < -0.4 is 35.6 Å². The van der Waals surface area contributed by atoms with E-state index in [-0.39, 0.29) is 22.9 Å². The van der Waals surface area contributed by atoms with Gasteiger partial charge in [0, 0.05) is 12.5 Å². The van der Waals surface area contributed by atoms with E-state index in [0.29, 0.717) is 46.3 Å². The largest absolute Gasteiger partial charge is 0.493 e. The summed E-state index contributed by atoms with van der Waals surface area (Å²) in [5.74, 6) is 0.870. The first-order valence-electron chi connectivity index (χ1n) is 13.4. The SMILES string of the molecule is COc1cc2c(c(OC)c1OC)-c1ccc(N[C@@H](C)C(=O)Nc3nc4ccccc4s3)c(=O)cc1[C@H](NC(C)=O)CC2. The highest BCUT2D eigenvalue weighted by Gasteiger charge is 2.29. The molecular weight excluding hydrogens is 556 g/mol. The van der Waals surface area contributed by atoms with E-state index >= 15 is 0 Å². The van der Waals surface area contributed by atoms with Gasteiger partial charge in [-0.05, 0) is 66.8 Å². The number of carbonyl (C=O) groups excluding carboxylic acids is 2. The zero-order chi connectivity index (χ0) is 30.0. The number of nitrogens with zero attached hydrogens (tertiary/aromatic N) is 1. The fourth-order valence-corrected chi connectivity index (χ4v) is 6.13. The second-order valence-corrected chi connectivity index (χ2v) is 11.0. The van der Waals surface area contributed by atoms with Crippen LogP contribution in [0.1, 0.15) is 37.4 Å². The summed E-state index contributed by atoms with van der Waals surface area (Å²) in [4.78, 5) is 43.2. The van der Waals surface area contributed by atoms with Gasteiger partial charge < -0.3 is 30.2 Å². The lowest BCUT2D eigenvalue weighted by molar-refractivity contribution is -0.119. The molecule has 0 fully saturated rings. The van der Waals surface area contributed by atoms with Crippen molar-refractivity contribution in [3.63, 3.8) is 0 Å². The topological polar surface area (TPSA) is 128 Å². The van der Waals surface area contributed by atoms with E-state index in [1.54, 1.807) is 27.2 Å². The molecule has 218 valence electrons. The van der Waals surface area contributed by atoms with Crippen molar-refractivity contribution in [2.24, 2.45) is 0 Å². The van der Waals surface area contributed by atoms with Gasteiger partial charge in [-0.15, -0.1) is 0 Å². The van der Waals surface area contributed by atoms with Crippen LogP contribution in [-0.4, -0.2) is 44.2 Å². The molecule has 1 aliphatic rings. The summed E-state index contributed by atoms with van der Waals surface area (Å²) < 4.78 is 18.0. The first-order valence-corrected chi connectivity index (χ1v) is 14.3. The van der Waals surface area contributed by atoms with Gasteiger partial charge in [-0.2, -0.15) is 0 Å². The quantitative estimate of drug-likeness (QED) is 0.265. The van der Waals surface area contributed by atoms with Crippen LogP contribution in [0.4, 0.5) is 10.8 Å². The van der Waals surface area contributed by atoms with Gasteiger partial charge in [0.15, 0.2) is 16.6 Å². The fraction of sp³-hybridized carbons (Fsp3) is 0.290. The summed E-state index contributed by atoms with van der Waals surface area (Å²) in [5.41, 5.74) is 3.73. The number of amides is 2. The van der Waals surface area contributed by atoms with Crippen molar-refractivity contribution in [1.82, 2.24) is 10.3 Å². The minimum atomic E-state index is -0.746. The number of anilines is 2. The van der Waals surface area contributed by atoms with Crippen LogP contribution in [0, 0.1) is 0 Å². The average molecular weight is 589 g/mol. The van der Waals surface area contributed by atoms with Gasteiger partial charge in [-0.25, -0.2) is 4.98 Å². The Morgan fingerprint density at radius 1 is 1.02 bits per heavy atom. The van der Waals surface area contributed by atoms with Crippen molar-refractivity contribution in [3.8, 4) is 28.4 Å². The third-order valence-electron chi connectivity index (χ3n) is 7.21. The Labute approximate surface area is 247 Å². The zero-order valence-corrected chi connectivity index (χ0v) is 24.8. The molecule has 1 aliphatic carbocycles. The maximum atomic E-state index is 13.6. The first kappa shape index (κ1) is 28.9. The van der Waals surface area contributed by atoms with Gasteiger partial charge in [-0.1, -0.05) is 29.5 Å². The highest BCUT2D eigenvalue weighted by atomic mass is 32.1. The second kappa shape index (κ2) is 12.1. The van der Waals surface area contributed by atoms with Crippen molar-refractivity contribution >= 4 is 44.2 Å². The molecule has 2 atom stereocenters. The molecule has 3 aromatic carbocycles. The maximum absolute atomic E-state index is 13.6. The summed E-state index contributed by atoms with van der Waals surface area (Å²) >= 11 is 1.38. The zero-order valence-electron chi connectivity index (χ0n) is 24.0. The Morgan fingerprint density at radius 3 is 2.48 bits per heavy atom. The summed E-state index contributed by atoms with van der Waals surface area (Å²) in [6, 6.07) is 13.3. The molecule has 5 rings (SSSR count). The Morgan fingerprint density at radius 2 is 1.79 bits per heavy atom. The van der Waals surface area contributed by atoms with E-state index in [9.17, 15) is 14.4 Å². The predicted octanol–water partition coefficient (Wildman–Crippen LogP) is 4.91. The molecule has 0 spiro atoms. The lowest BCUT2D eigenvalue weighted by Crippen LogP contribution is -2.33. The molecule has 1 heterocycles. The van der Waals surface area contributed by atoms with E-state index in [1.807, 2.05) is 36.4 Å². The van der Waals surface area contributed by atoms with Crippen molar-refractivity contribution in [1.29, 1.82) is 0 Å². The van der Waals surface area contributed by atoms with E-state index in [4.69, 9.17) is 14.2 Å². The predicted molar refractivity (Wildman–Crippen MR) is 164 cm³/mol. The highest BCUT2D eigenvalue weighted by molar-refractivity contribution is 7.22. The monoisotopic (exact) mass is 588 g/mol. The maximum Gasteiger partial charge on any atom is 0.248 e. The molecule has 3 N–H and O–H groups in total. The molecule has 0 saturated carbocycles. The van der Waals surface area contributed by atoms with Crippen LogP contribution in [0.25, 0.3) is 21.3 Å². The van der Waals surface area contributed by atoms with Crippen molar-refractivity contribution in [2.75, 3.05) is 32.0 Å². The number of aromatic nitrogens is 1. The number of fused-ring (bicyclic) bond motifs is 4. The molecule has 0 bridgehead atoms. The molecule has 10 nitrogen and oxygen atoms in total. The number of thiazole rings is 1. The molecule has 0 saturated heterocycles. The number of carbonyl (C=O) groups is 2. The number of rotatable bonds is 8. The number of aryl methyl sites for hydroxylation is 1. The van der Waals surface area contributed by atoms with Crippen LogP contribution in [-0.2, 0) is 16.0 Å². The normalized spacial score (nSPS) is 14.5. The van der Waals surface area contributed by atoms with Crippen molar-refractivity contribution in [2.45, 2.75) is 38.8 Å². The summed E-state index contributed by atoms with van der Waals surface area (Å²) in [7, 11) is 4.65. The minimum Gasteiger partial charge on any atom is -0.493 e. The number of ether oxygens (including phenoxy) is 3. The summed E-state index contributed by atoms with van der Waals surface area (Å²) in [6.07, 6.45) is 1.14. The fourth-order valence-electron chi connectivity index (χ4n) is 5.27. The Hall–Kier alpha value is -4.64. The van der Waals surface area contributed by atoms with Gasteiger partial charge in [-0.3, -0.25) is 14.4 Å². The van der Waals surface area contributed by atoms with Gasteiger partial charge in [0.1, 0.15) is 6.04 Å². The molecule has 4 aromatic rings. The lowest BCUT2D eigenvalue weighted by Gasteiger charge is -2.19. The second-order valence-electron chi connectivity index (χ2n) is 9.94. The first-order chi connectivity index (χ1) is 20.2. The molecule has 0 unspecified atom stereocenters. The molecular formula is C31H32N4O6S. The van der Waals surface area contributed by atoms with Gasteiger partial charge in [0.2, 0.25) is 23.0 Å². The number of nitrogens with one attached hydrogen (secondary N) is 3. The van der Waals surface area contributed by atoms with Crippen LogP contribution in [0.3, 0.4) is 0 Å². The van der Waals surface area contributed by atoms with Crippen LogP contribution in [0.5, 0.6) is 17.2 Å². The van der Waals surface area contributed by atoms with Crippen molar-refractivity contribution < 1.29 is 23.8 Å². The van der Waals surface area contributed by atoms with Gasteiger partial charge >= 0.3 is 0 Å².